The molecule has 1 saturated heterocycles. The molecule has 0 saturated carbocycles. The van der Waals surface area contributed by atoms with Crippen molar-refractivity contribution in [3.8, 4) is 17.0 Å². The lowest BCUT2D eigenvalue weighted by Crippen LogP contribution is -2.52. The van der Waals surface area contributed by atoms with E-state index in [2.05, 4.69) is 48.6 Å². The molecule has 7 heteroatoms. The number of aromatic nitrogens is 2. The van der Waals surface area contributed by atoms with Crippen molar-refractivity contribution in [2.45, 2.75) is 46.1 Å². The number of halogens is 1. The van der Waals surface area contributed by atoms with Crippen LogP contribution in [0.2, 0.25) is 0 Å². The molecule has 2 heterocycles. The number of rotatable bonds is 5. The fourth-order valence-corrected chi connectivity index (χ4v) is 4.29. The van der Waals surface area contributed by atoms with Crippen LogP contribution in [-0.2, 0) is 10.2 Å². The number of carbonyl (C=O) groups is 1. The number of aryl methyl sites for hydroxylation is 1. The molecule has 0 N–H and O–H groups in total. The monoisotopic (exact) mass is 476 g/mol. The summed E-state index contributed by atoms with van der Waals surface area (Å²) in [6.45, 7) is 12.8. The van der Waals surface area contributed by atoms with Gasteiger partial charge in [0.1, 0.15) is 23.7 Å². The molecular formula is C28H33FN4O2. The van der Waals surface area contributed by atoms with E-state index in [1.165, 1.54) is 24.0 Å². The van der Waals surface area contributed by atoms with Crippen molar-refractivity contribution in [1.82, 2.24) is 14.9 Å². The fourth-order valence-electron chi connectivity index (χ4n) is 4.29. The number of anilines is 1. The number of ether oxygens (including phenoxy) is 1. The van der Waals surface area contributed by atoms with Gasteiger partial charge in [0.05, 0.1) is 5.69 Å². The summed E-state index contributed by atoms with van der Waals surface area (Å²) in [5, 5.41) is 0. The first kappa shape index (κ1) is 24.6. The van der Waals surface area contributed by atoms with Gasteiger partial charge in [0, 0.05) is 37.8 Å². The summed E-state index contributed by atoms with van der Waals surface area (Å²) >= 11 is 0. The van der Waals surface area contributed by atoms with Crippen LogP contribution in [0.1, 0.15) is 38.8 Å². The largest absolute Gasteiger partial charge is 0.481 e. The highest BCUT2D eigenvalue weighted by molar-refractivity contribution is 5.81. The third kappa shape index (κ3) is 5.78. The van der Waals surface area contributed by atoms with Crippen LogP contribution in [-0.4, -0.2) is 53.1 Å². The maximum atomic E-state index is 13.3. The Hall–Kier alpha value is -3.48. The zero-order valence-electron chi connectivity index (χ0n) is 21.1. The van der Waals surface area contributed by atoms with E-state index in [1.807, 2.05) is 30.0 Å². The predicted molar refractivity (Wildman–Crippen MR) is 136 cm³/mol. The standard InChI is InChI=1S/C28H33FN4O2/c1-19-6-11-25(23(16-19)28(3,4)5)35-20(2)27(34)33-14-12-32(13-15-33)26-17-24(30-18-31-26)21-7-9-22(29)10-8-21/h6-11,16-18,20H,12-15H2,1-5H3. The highest BCUT2D eigenvalue weighted by Gasteiger charge is 2.28. The average molecular weight is 477 g/mol. The van der Waals surface area contributed by atoms with Crippen LogP contribution in [0.3, 0.4) is 0 Å². The first-order chi connectivity index (χ1) is 16.6. The second-order valence-corrected chi connectivity index (χ2v) is 10.1. The van der Waals surface area contributed by atoms with Crippen LogP contribution >= 0.6 is 0 Å². The number of piperazine rings is 1. The molecule has 0 radical (unpaired) electrons. The molecule has 0 aliphatic carbocycles. The van der Waals surface area contributed by atoms with E-state index in [-0.39, 0.29) is 17.1 Å². The van der Waals surface area contributed by atoms with E-state index >= 15 is 0 Å². The summed E-state index contributed by atoms with van der Waals surface area (Å²) in [7, 11) is 0. The molecule has 1 unspecified atom stereocenters. The molecule has 6 nitrogen and oxygen atoms in total. The summed E-state index contributed by atoms with van der Waals surface area (Å²) in [6, 6.07) is 14.3. The maximum absolute atomic E-state index is 13.3. The summed E-state index contributed by atoms with van der Waals surface area (Å²) in [6.07, 6.45) is 0.949. The zero-order valence-corrected chi connectivity index (χ0v) is 21.1. The SMILES string of the molecule is Cc1ccc(OC(C)C(=O)N2CCN(c3cc(-c4ccc(F)cc4)ncn3)CC2)c(C(C)(C)C)c1. The Morgan fingerprint density at radius 3 is 2.34 bits per heavy atom. The lowest BCUT2D eigenvalue weighted by molar-refractivity contribution is -0.138. The first-order valence-electron chi connectivity index (χ1n) is 12.0. The molecule has 0 bridgehead atoms. The molecular weight excluding hydrogens is 443 g/mol. The van der Waals surface area contributed by atoms with E-state index in [0.29, 0.717) is 26.2 Å². The Morgan fingerprint density at radius 1 is 1.00 bits per heavy atom. The van der Waals surface area contributed by atoms with E-state index in [0.717, 1.165) is 28.4 Å². The minimum absolute atomic E-state index is 0.0141. The number of carbonyl (C=O) groups excluding carboxylic acids is 1. The molecule has 35 heavy (non-hydrogen) atoms. The maximum Gasteiger partial charge on any atom is 0.263 e. The van der Waals surface area contributed by atoms with Gasteiger partial charge in [0.15, 0.2) is 6.10 Å². The van der Waals surface area contributed by atoms with Crippen LogP contribution < -0.4 is 9.64 Å². The molecule has 184 valence electrons. The van der Waals surface area contributed by atoms with Crippen LogP contribution in [0.25, 0.3) is 11.3 Å². The summed E-state index contributed by atoms with van der Waals surface area (Å²) in [5.41, 5.74) is 3.76. The summed E-state index contributed by atoms with van der Waals surface area (Å²) < 4.78 is 19.4. The highest BCUT2D eigenvalue weighted by atomic mass is 19.1. The Morgan fingerprint density at radius 2 is 1.69 bits per heavy atom. The van der Waals surface area contributed by atoms with Gasteiger partial charge in [-0.3, -0.25) is 4.79 Å². The topological polar surface area (TPSA) is 58.6 Å². The Kier molecular flexibility index (Phi) is 7.05. The van der Waals surface area contributed by atoms with E-state index in [1.54, 1.807) is 12.1 Å². The lowest BCUT2D eigenvalue weighted by Gasteiger charge is -2.36. The predicted octanol–water partition coefficient (Wildman–Crippen LogP) is 5.00. The van der Waals surface area contributed by atoms with Gasteiger partial charge >= 0.3 is 0 Å². The fraction of sp³-hybridized carbons (Fsp3) is 0.393. The minimum Gasteiger partial charge on any atom is -0.481 e. The van der Waals surface area contributed by atoms with Crippen molar-refractivity contribution in [3.63, 3.8) is 0 Å². The van der Waals surface area contributed by atoms with Gasteiger partial charge in [-0.2, -0.15) is 0 Å². The first-order valence-corrected chi connectivity index (χ1v) is 12.0. The Bertz CT molecular complexity index is 1180. The normalized spacial score (nSPS) is 15.1. The molecule has 1 amide bonds. The second kappa shape index (κ2) is 10.0. The Balaban J connectivity index is 1.39. The lowest BCUT2D eigenvalue weighted by atomic mass is 9.85. The number of amides is 1. The van der Waals surface area contributed by atoms with Crippen molar-refractivity contribution in [1.29, 1.82) is 0 Å². The molecule has 3 aromatic rings. The average Bonchev–Trinajstić information content (AvgIpc) is 2.84. The van der Waals surface area contributed by atoms with Crippen molar-refractivity contribution in [2.24, 2.45) is 0 Å². The number of hydrogen-bond donors (Lipinski definition) is 0. The quantitative estimate of drug-likeness (QED) is 0.518. The third-order valence-corrected chi connectivity index (χ3v) is 6.30. The van der Waals surface area contributed by atoms with Crippen molar-refractivity contribution < 1.29 is 13.9 Å². The molecule has 1 aliphatic heterocycles. The van der Waals surface area contributed by atoms with Gasteiger partial charge < -0.3 is 14.5 Å². The molecule has 2 aromatic carbocycles. The number of nitrogens with zero attached hydrogens (tertiary/aromatic N) is 4. The summed E-state index contributed by atoms with van der Waals surface area (Å²) in [5.74, 6) is 1.26. The minimum atomic E-state index is -0.575. The van der Waals surface area contributed by atoms with Gasteiger partial charge in [-0.05, 0) is 55.2 Å². The van der Waals surface area contributed by atoms with Crippen molar-refractivity contribution in [3.05, 3.63) is 71.8 Å². The van der Waals surface area contributed by atoms with Gasteiger partial charge in [0.2, 0.25) is 0 Å². The van der Waals surface area contributed by atoms with Crippen LogP contribution in [0, 0.1) is 12.7 Å². The number of benzene rings is 2. The van der Waals surface area contributed by atoms with Gasteiger partial charge in [0.25, 0.3) is 5.91 Å². The molecule has 1 atom stereocenters. The zero-order chi connectivity index (χ0) is 25.2. The van der Waals surface area contributed by atoms with Gasteiger partial charge in [-0.1, -0.05) is 38.5 Å². The van der Waals surface area contributed by atoms with E-state index in [4.69, 9.17) is 4.74 Å². The van der Waals surface area contributed by atoms with E-state index < -0.39 is 6.10 Å². The van der Waals surface area contributed by atoms with Crippen molar-refractivity contribution in [2.75, 3.05) is 31.1 Å². The smallest absolute Gasteiger partial charge is 0.263 e. The molecule has 1 aromatic heterocycles. The van der Waals surface area contributed by atoms with E-state index in [9.17, 15) is 9.18 Å². The van der Waals surface area contributed by atoms with Crippen molar-refractivity contribution >= 4 is 11.7 Å². The second-order valence-electron chi connectivity index (χ2n) is 10.1. The Labute approximate surface area is 206 Å². The van der Waals surface area contributed by atoms with Crippen LogP contribution in [0.15, 0.2) is 54.9 Å². The number of hydrogen-bond acceptors (Lipinski definition) is 5. The molecule has 1 fully saturated rings. The molecule has 1 aliphatic rings. The van der Waals surface area contributed by atoms with Crippen LogP contribution in [0.5, 0.6) is 5.75 Å². The third-order valence-electron chi connectivity index (χ3n) is 6.30. The molecule has 0 spiro atoms. The summed E-state index contributed by atoms with van der Waals surface area (Å²) in [4.78, 5) is 25.9. The van der Waals surface area contributed by atoms with Gasteiger partial charge in [-0.15, -0.1) is 0 Å². The van der Waals surface area contributed by atoms with Gasteiger partial charge in [-0.25, -0.2) is 14.4 Å². The van der Waals surface area contributed by atoms with Crippen LogP contribution in [0.4, 0.5) is 10.2 Å². The molecule has 4 rings (SSSR count). The highest BCUT2D eigenvalue weighted by Crippen LogP contribution is 2.33.